The summed E-state index contributed by atoms with van der Waals surface area (Å²) in [5.41, 5.74) is 2.52. The Hall–Kier alpha value is -2.66. The topological polar surface area (TPSA) is 58.1 Å². The smallest absolute Gasteiger partial charge is 0.230 e. The van der Waals surface area contributed by atoms with Crippen molar-refractivity contribution in [3.8, 4) is 0 Å². The largest absolute Gasteiger partial charge is 0.354 e. The molecule has 0 radical (unpaired) electrons. The first kappa shape index (κ1) is 16.8. The van der Waals surface area contributed by atoms with Crippen molar-refractivity contribution in [3.63, 3.8) is 0 Å². The van der Waals surface area contributed by atoms with Gasteiger partial charge in [-0.25, -0.2) is 9.97 Å². The molecule has 5 nitrogen and oxygen atoms in total. The number of para-hydroxylation sites is 2. The molecule has 2 aromatic carbocycles. The lowest BCUT2D eigenvalue weighted by molar-refractivity contribution is -0.115. The number of hydrogen-bond donors (Lipinski definition) is 1. The van der Waals surface area contributed by atoms with Crippen LogP contribution >= 0.6 is 11.6 Å². The van der Waals surface area contributed by atoms with Crippen molar-refractivity contribution < 1.29 is 4.79 Å². The van der Waals surface area contributed by atoms with E-state index in [0.29, 0.717) is 10.8 Å². The molecule has 4 rings (SSSR count). The summed E-state index contributed by atoms with van der Waals surface area (Å²) >= 11 is 5.90. The fraction of sp³-hybridized carbons (Fsp3) is 0.250. The Kier molecular flexibility index (Phi) is 4.71. The summed E-state index contributed by atoms with van der Waals surface area (Å²) < 4.78 is 0. The third kappa shape index (κ3) is 3.63. The van der Waals surface area contributed by atoms with E-state index in [9.17, 15) is 4.79 Å². The molecule has 1 aromatic heterocycles. The van der Waals surface area contributed by atoms with Crippen LogP contribution in [0.4, 0.5) is 11.6 Å². The van der Waals surface area contributed by atoms with Gasteiger partial charge in [-0.2, -0.15) is 0 Å². The molecule has 1 saturated heterocycles. The number of amides is 1. The zero-order chi connectivity index (χ0) is 17.9. The van der Waals surface area contributed by atoms with Crippen LogP contribution in [-0.2, 0) is 11.2 Å². The summed E-state index contributed by atoms with van der Waals surface area (Å²) in [7, 11) is 0. The number of fused-ring (bicyclic) bond motifs is 1. The quantitative estimate of drug-likeness (QED) is 0.756. The van der Waals surface area contributed by atoms with E-state index in [-0.39, 0.29) is 12.3 Å². The molecule has 2 heterocycles. The molecular weight excluding hydrogens is 348 g/mol. The fourth-order valence-electron chi connectivity index (χ4n) is 3.19. The highest BCUT2D eigenvalue weighted by molar-refractivity contribution is 6.30. The van der Waals surface area contributed by atoms with E-state index in [1.165, 1.54) is 0 Å². The van der Waals surface area contributed by atoms with Crippen molar-refractivity contribution in [2.75, 3.05) is 23.3 Å². The van der Waals surface area contributed by atoms with E-state index in [0.717, 1.165) is 48.3 Å². The number of nitrogens with zero attached hydrogens (tertiary/aromatic N) is 3. The van der Waals surface area contributed by atoms with Crippen LogP contribution in [0.25, 0.3) is 11.0 Å². The normalized spacial score (nSPS) is 14.0. The minimum atomic E-state index is -0.114. The second-order valence-corrected chi connectivity index (χ2v) is 6.87. The van der Waals surface area contributed by atoms with Crippen LogP contribution in [0.1, 0.15) is 18.4 Å². The highest BCUT2D eigenvalue weighted by atomic mass is 35.5. The van der Waals surface area contributed by atoms with Gasteiger partial charge in [-0.1, -0.05) is 35.9 Å². The second kappa shape index (κ2) is 7.30. The van der Waals surface area contributed by atoms with E-state index in [1.54, 1.807) is 12.1 Å². The minimum Gasteiger partial charge on any atom is -0.354 e. The third-order valence-corrected chi connectivity index (χ3v) is 4.75. The van der Waals surface area contributed by atoms with Gasteiger partial charge < -0.3 is 10.2 Å². The molecule has 3 aromatic rings. The monoisotopic (exact) mass is 366 g/mol. The Morgan fingerprint density at radius 3 is 2.35 bits per heavy atom. The molecule has 0 atom stereocenters. The van der Waals surface area contributed by atoms with Crippen molar-refractivity contribution in [2.45, 2.75) is 19.3 Å². The second-order valence-electron chi connectivity index (χ2n) is 6.43. The summed E-state index contributed by atoms with van der Waals surface area (Å²) in [4.78, 5) is 24.1. The lowest BCUT2D eigenvalue weighted by Gasteiger charge is -2.20. The van der Waals surface area contributed by atoms with E-state index in [4.69, 9.17) is 16.6 Å². The first-order valence-electron chi connectivity index (χ1n) is 8.75. The van der Waals surface area contributed by atoms with Crippen LogP contribution in [0.3, 0.4) is 0 Å². The predicted molar refractivity (Wildman–Crippen MR) is 105 cm³/mol. The number of nitrogens with one attached hydrogen (secondary N) is 1. The molecule has 0 unspecified atom stereocenters. The van der Waals surface area contributed by atoms with Crippen LogP contribution in [0, 0.1) is 0 Å². The minimum absolute atomic E-state index is 0.114. The van der Waals surface area contributed by atoms with Crippen molar-refractivity contribution in [1.29, 1.82) is 0 Å². The van der Waals surface area contributed by atoms with Crippen molar-refractivity contribution >= 4 is 40.2 Å². The van der Waals surface area contributed by atoms with Gasteiger partial charge in [0.1, 0.15) is 0 Å². The molecule has 1 fully saturated rings. The summed E-state index contributed by atoms with van der Waals surface area (Å²) in [6.45, 7) is 1.88. The van der Waals surface area contributed by atoms with Crippen LogP contribution in [-0.4, -0.2) is 29.0 Å². The Balaban J connectivity index is 1.62. The lowest BCUT2D eigenvalue weighted by atomic mass is 10.1. The number of aromatic nitrogens is 2. The van der Waals surface area contributed by atoms with E-state index in [1.807, 2.05) is 36.4 Å². The SMILES string of the molecule is O=C(Cc1ccc(Cl)cc1)Nc1nc2ccccc2nc1N1CCCC1. The average molecular weight is 367 g/mol. The highest BCUT2D eigenvalue weighted by Crippen LogP contribution is 2.28. The number of halogens is 1. The number of hydrogen-bond acceptors (Lipinski definition) is 4. The Bertz CT molecular complexity index is 936. The fourth-order valence-corrected chi connectivity index (χ4v) is 3.31. The van der Waals surface area contributed by atoms with Crippen molar-refractivity contribution in [1.82, 2.24) is 9.97 Å². The highest BCUT2D eigenvalue weighted by Gasteiger charge is 2.20. The van der Waals surface area contributed by atoms with Crippen molar-refractivity contribution in [3.05, 3.63) is 59.1 Å². The summed E-state index contributed by atoms with van der Waals surface area (Å²) in [5.74, 6) is 1.17. The van der Waals surface area contributed by atoms with Gasteiger partial charge in [0.15, 0.2) is 11.6 Å². The molecule has 1 aliphatic rings. The Morgan fingerprint density at radius 2 is 1.65 bits per heavy atom. The molecule has 0 saturated carbocycles. The maximum absolute atomic E-state index is 12.5. The molecule has 1 amide bonds. The van der Waals surface area contributed by atoms with Crippen molar-refractivity contribution in [2.24, 2.45) is 0 Å². The number of benzene rings is 2. The van der Waals surface area contributed by atoms with Gasteiger partial charge in [0.25, 0.3) is 0 Å². The third-order valence-electron chi connectivity index (χ3n) is 4.49. The van der Waals surface area contributed by atoms with Gasteiger partial charge in [-0.15, -0.1) is 0 Å². The van der Waals surface area contributed by atoms with Crippen LogP contribution in [0.15, 0.2) is 48.5 Å². The number of anilines is 2. The predicted octanol–water partition coefficient (Wildman–Crippen LogP) is 4.06. The Labute approximate surface area is 157 Å². The zero-order valence-corrected chi connectivity index (χ0v) is 15.0. The maximum Gasteiger partial charge on any atom is 0.230 e. The summed E-state index contributed by atoms with van der Waals surface area (Å²) in [6, 6.07) is 15.0. The molecular formula is C20H19ClN4O. The van der Waals surface area contributed by atoms with E-state index in [2.05, 4.69) is 15.2 Å². The summed E-state index contributed by atoms with van der Waals surface area (Å²) in [6.07, 6.45) is 2.53. The molecule has 0 spiro atoms. The average Bonchev–Trinajstić information content (AvgIpc) is 3.17. The first-order chi connectivity index (χ1) is 12.7. The zero-order valence-electron chi connectivity index (χ0n) is 14.3. The summed E-state index contributed by atoms with van der Waals surface area (Å²) in [5, 5.41) is 3.61. The molecule has 0 bridgehead atoms. The van der Waals surface area contributed by atoms with Gasteiger partial charge in [0.05, 0.1) is 17.5 Å². The first-order valence-corrected chi connectivity index (χ1v) is 9.13. The van der Waals surface area contributed by atoms with E-state index < -0.39 is 0 Å². The Morgan fingerprint density at radius 1 is 1.00 bits per heavy atom. The van der Waals surface area contributed by atoms with Gasteiger partial charge in [-0.3, -0.25) is 4.79 Å². The van der Waals surface area contributed by atoms with Gasteiger partial charge in [0, 0.05) is 18.1 Å². The number of rotatable bonds is 4. The standard InChI is InChI=1S/C20H19ClN4O/c21-15-9-7-14(8-10-15)13-18(26)24-19-20(25-11-3-4-12-25)23-17-6-2-1-5-16(17)22-19/h1-2,5-10H,3-4,11-13H2,(H,22,24,26). The van der Waals surface area contributed by atoms with Crippen LogP contribution in [0.2, 0.25) is 5.02 Å². The molecule has 1 aliphatic heterocycles. The lowest BCUT2D eigenvalue weighted by Crippen LogP contribution is -2.24. The molecule has 6 heteroatoms. The maximum atomic E-state index is 12.5. The van der Waals surface area contributed by atoms with Crippen LogP contribution < -0.4 is 10.2 Å². The molecule has 26 heavy (non-hydrogen) atoms. The van der Waals surface area contributed by atoms with Gasteiger partial charge in [-0.05, 0) is 42.7 Å². The van der Waals surface area contributed by atoms with Gasteiger partial charge in [0.2, 0.25) is 5.91 Å². The van der Waals surface area contributed by atoms with Gasteiger partial charge >= 0.3 is 0 Å². The van der Waals surface area contributed by atoms with Crippen LogP contribution in [0.5, 0.6) is 0 Å². The number of carbonyl (C=O) groups is 1. The molecule has 0 aliphatic carbocycles. The molecule has 132 valence electrons. The molecule has 1 N–H and O–H groups in total. The number of carbonyl (C=O) groups excluding carboxylic acids is 1. The van der Waals surface area contributed by atoms with E-state index >= 15 is 0 Å².